The standard InChI is InChI=1S/C30H17O3PS/c1-2-11-22-20(8-1)21-10-7-9-19(29(21)33-22)18-16-25-30-26(17-18)32-24-13-4-6-15-28(24)35-34(30)27-14-5-3-12-23(27)31-25/h1-17H. The van der Waals surface area contributed by atoms with Crippen molar-refractivity contribution in [2.24, 2.45) is 0 Å². The van der Waals surface area contributed by atoms with Gasteiger partial charge in [-0.3, -0.25) is 0 Å². The van der Waals surface area contributed by atoms with Gasteiger partial charge in [-0.1, -0.05) is 60.7 Å². The highest BCUT2D eigenvalue weighted by atomic mass is 32.5. The van der Waals surface area contributed by atoms with Gasteiger partial charge in [-0.15, -0.1) is 10.9 Å². The zero-order valence-electron chi connectivity index (χ0n) is 18.4. The second-order valence-electron chi connectivity index (χ2n) is 8.61. The SMILES string of the molecule is c1ccc2c(c1)Oc1cc(-c3cccc4c3oc3ccccc34)cc3oc4ccccc4sp-2c13. The summed E-state index contributed by atoms with van der Waals surface area (Å²) < 4.78 is 20.6. The first kappa shape index (κ1) is 19.3. The molecule has 3 heterocycles. The number of furan rings is 1. The van der Waals surface area contributed by atoms with Crippen LogP contribution in [0.1, 0.15) is 0 Å². The fourth-order valence-corrected chi connectivity index (χ4v) is 9.67. The highest BCUT2D eigenvalue weighted by molar-refractivity contribution is 8.00. The Balaban J connectivity index is 1.51. The summed E-state index contributed by atoms with van der Waals surface area (Å²) in [6.45, 7) is -0.737. The molecule has 0 N–H and O–H groups in total. The van der Waals surface area contributed by atoms with E-state index in [1.165, 1.54) is 5.30 Å². The predicted molar refractivity (Wildman–Crippen MR) is 146 cm³/mol. The molecular weight excluding hydrogens is 471 g/mol. The minimum Gasteiger partial charge on any atom is -0.455 e. The monoisotopic (exact) mass is 488 g/mol. The van der Waals surface area contributed by atoms with Crippen LogP contribution in [0.5, 0.6) is 11.5 Å². The smallest absolute Gasteiger partial charge is 0.144 e. The average molecular weight is 489 g/mol. The Kier molecular flexibility index (Phi) is 4.01. The first-order valence-corrected chi connectivity index (χ1v) is 14.2. The first-order valence-electron chi connectivity index (χ1n) is 11.4. The molecule has 1 unspecified atom stereocenters. The van der Waals surface area contributed by atoms with Crippen LogP contribution in [0.3, 0.4) is 0 Å². The summed E-state index contributed by atoms with van der Waals surface area (Å²) in [5.41, 5.74) is 5.54. The van der Waals surface area contributed by atoms with Crippen molar-refractivity contribution in [3.8, 4) is 27.9 Å². The number of hydrogen-bond acceptors (Lipinski definition) is 4. The number of rotatable bonds is 1. The Labute approximate surface area is 204 Å². The van der Waals surface area contributed by atoms with E-state index in [0.29, 0.717) is 0 Å². The molecular formula is C30H17O3PS. The van der Waals surface area contributed by atoms with Crippen molar-refractivity contribution in [2.75, 3.05) is 0 Å². The maximum atomic E-state index is 6.58. The topological polar surface area (TPSA) is 35.5 Å². The Morgan fingerprint density at radius 1 is 0.600 bits per heavy atom. The molecule has 0 spiro atoms. The largest absolute Gasteiger partial charge is 0.455 e. The van der Waals surface area contributed by atoms with Gasteiger partial charge in [0.1, 0.15) is 33.8 Å². The lowest BCUT2D eigenvalue weighted by Gasteiger charge is -2.19. The molecule has 0 amide bonds. The van der Waals surface area contributed by atoms with Crippen molar-refractivity contribution in [1.29, 1.82) is 0 Å². The second-order valence-corrected chi connectivity index (χ2v) is 12.4. The van der Waals surface area contributed by atoms with E-state index >= 15 is 0 Å². The van der Waals surface area contributed by atoms with Crippen LogP contribution in [0.25, 0.3) is 59.4 Å². The van der Waals surface area contributed by atoms with Gasteiger partial charge in [-0.05, 0) is 54.7 Å². The van der Waals surface area contributed by atoms with Crippen LogP contribution in [0.4, 0.5) is 0 Å². The van der Waals surface area contributed by atoms with Gasteiger partial charge in [0, 0.05) is 16.3 Å². The number of para-hydroxylation sites is 4. The zero-order valence-corrected chi connectivity index (χ0v) is 20.1. The molecule has 1 atom stereocenters. The third kappa shape index (κ3) is 2.84. The third-order valence-corrected chi connectivity index (χ3v) is 11.2. The Hall–Kier alpha value is -3.98. The zero-order chi connectivity index (χ0) is 22.9. The van der Waals surface area contributed by atoms with E-state index in [-0.39, 0.29) is 0 Å². The molecule has 0 fully saturated rings. The van der Waals surface area contributed by atoms with E-state index < -0.39 is 6.71 Å². The van der Waals surface area contributed by atoms with Crippen LogP contribution in [0.15, 0.2) is 112 Å². The van der Waals surface area contributed by atoms with Gasteiger partial charge in [0.05, 0.1) is 15.1 Å². The summed E-state index contributed by atoms with van der Waals surface area (Å²) in [5.74, 6) is 1.78. The number of benzene rings is 5. The molecule has 0 aliphatic carbocycles. The van der Waals surface area contributed by atoms with E-state index in [1.807, 2.05) is 47.3 Å². The van der Waals surface area contributed by atoms with E-state index in [2.05, 4.69) is 66.7 Å². The molecule has 166 valence electrons. The molecule has 0 bridgehead atoms. The van der Waals surface area contributed by atoms with E-state index in [0.717, 1.165) is 65.5 Å². The first-order chi connectivity index (χ1) is 17.3. The summed E-state index contributed by atoms with van der Waals surface area (Å²) in [6, 6.07) is 35.4. The number of fused-ring (bicyclic) bond motifs is 6. The molecule has 2 aromatic heterocycles. The van der Waals surface area contributed by atoms with Crippen molar-refractivity contribution in [3.63, 3.8) is 0 Å². The minimum absolute atomic E-state index is 0.737. The molecule has 3 nitrogen and oxygen atoms in total. The van der Waals surface area contributed by atoms with Crippen LogP contribution >= 0.6 is 17.7 Å². The summed E-state index contributed by atoms with van der Waals surface area (Å²) in [6.07, 6.45) is 0. The Bertz CT molecular complexity index is 2000. The fourth-order valence-electron chi connectivity index (χ4n) is 4.94. The molecule has 5 aromatic carbocycles. The van der Waals surface area contributed by atoms with Crippen molar-refractivity contribution in [1.82, 2.24) is 0 Å². The molecule has 0 radical (unpaired) electrons. The lowest BCUT2D eigenvalue weighted by molar-refractivity contribution is 0.490. The molecule has 0 saturated carbocycles. The second kappa shape index (κ2) is 7.26. The molecule has 7 aromatic rings. The summed E-state index contributed by atoms with van der Waals surface area (Å²) >= 11 is 0. The maximum Gasteiger partial charge on any atom is 0.144 e. The molecule has 1 aliphatic heterocycles. The van der Waals surface area contributed by atoms with Crippen LogP contribution in [-0.4, -0.2) is 0 Å². The maximum absolute atomic E-state index is 6.58. The Morgan fingerprint density at radius 3 is 2.37 bits per heavy atom. The molecule has 0 saturated heterocycles. The lowest BCUT2D eigenvalue weighted by atomic mass is 10.0. The van der Waals surface area contributed by atoms with E-state index in [9.17, 15) is 0 Å². The number of hydrogen-bond donors (Lipinski definition) is 0. The van der Waals surface area contributed by atoms with Gasteiger partial charge >= 0.3 is 0 Å². The van der Waals surface area contributed by atoms with Crippen LogP contribution < -0.4 is 4.74 Å². The van der Waals surface area contributed by atoms with Crippen molar-refractivity contribution in [3.05, 3.63) is 103 Å². The molecule has 1 aliphatic rings. The van der Waals surface area contributed by atoms with Crippen LogP contribution in [-0.2, 0) is 0 Å². The van der Waals surface area contributed by atoms with Crippen LogP contribution in [0.2, 0.25) is 0 Å². The van der Waals surface area contributed by atoms with Crippen molar-refractivity contribution >= 4 is 60.6 Å². The minimum atomic E-state index is -0.737. The highest BCUT2D eigenvalue weighted by Crippen LogP contribution is 2.61. The van der Waals surface area contributed by atoms with E-state index in [4.69, 9.17) is 13.6 Å². The fraction of sp³-hybridized carbons (Fsp3) is 0. The normalized spacial score (nSPS) is 12.7. The van der Waals surface area contributed by atoms with Gasteiger partial charge in [-0.25, -0.2) is 0 Å². The van der Waals surface area contributed by atoms with Gasteiger partial charge in [-0.2, -0.15) is 0 Å². The summed E-state index contributed by atoms with van der Waals surface area (Å²) in [7, 11) is 1.88. The average Bonchev–Trinajstić information content (AvgIpc) is 3.19. The molecule has 5 heteroatoms. The third-order valence-electron chi connectivity index (χ3n) is 6.52. The van der Waals surface area contributed by atoms with Crippen molar-refractivity contribution < 1.29 is 13.6 Å². The lowest BCUT2D eigenvalue weighted by Crippen LogP contribution is -1.92. The van der Waals surface area contributed by atoms with Gasteiger partial charge in [0.2, 0.25) is 0 Å². The number of ether oxygens (including phenoxy) is 1. The van der Waals surface area contributed by atoms with Gasteiger partial charge in [0.15, 0.2) is 0 Å². The highest BCUT2D eigenvalue weighted by Gasteiger charge is 2.23. The van der Waals surface area contributed by atoms with E-state index in [1.54, 1.807) is 0 Å². The summed E-state index contributed by atoms with van der Waals surface area (Å²) in [5, 5.41) is 4.60. The van der Waals surface area contributed by atoms with Crippen molar-refractivity contribution in [2.45, 2.75) is 0 Å². The van der Waals surface area contributed by atoms with Gasteiger partial charge in [0.25, 0.3) is 0 Å². The molecule has 35 heavy (non-hydrogen) atoms. The Morgan fingerprint density at radius 2 is 1.40 bits per heavy atom. The van der Waals surface area contributed by atoms with Crippen LogP contribution in [0, 0.1) is 0 Å². The quantitative estimate of drug-likeness (QED) is 0.231. The summed E-state index contributed by atoms with van der Waals surface area (Å²) in [4.78, 5) is 0. The van der Waals surface area contributed by atoms with Gasteiger partial charge < -0.3 is 13.6 Å². The predicted octanol–water partition coefficient (Wildman–Crippen LogP) is 10.4. The molecule has 8 rings (SSSR count).